The minimum absolute atomic E-state index is 0.735. The third kappa shape index (κ3) is 1.97. The average Bonchev–Trinajstić information content (AvgIpc) is 2.56. The summed E-state index contributed by atoms with van der Waals surface area (Å²) in [7, 11) is 1.92. The highest BCUT2D eigenvalue weighted by Gasteiger charge is 2.14. The molecule has 0 saturated carbocycles. The number of aryl methyl sites for hydroxylation is 2. The van der Waals surface area contributed by atoms with E-state index < -0.39 is 0 Å². The van der Waals surface area contributed by atoms with Crippen molar-refractivity contribution in [2.24, 2.45) is 7.05 Å². The molecule has 0 aliphatic heterocycles. The number of hydrogen-bond donors (Lipinski definition) is 0. The lowest BCUT2D eigenvalue weighted by Gasteiger charge is -2.03. The second kappa shape index (κ2) is 4.52. The molecule has 0 fully saturated rings. The van der Waals surface area contributed by atoms with Gasteiger partial charge < -0.3 is 0 Å². The molecule has 2 rings (SSSR count). The van der Waals surface area contributed by atoms with Gasteiger partial charge in [-0.15, -0.1) is 11.8 Å². The maximum atomic E-state index is 6.30. The molecule has 4 heteroatoms. The Labute approximate surface area is 105 Å². The number of aromatic nitrogens is 2. The quantitative estimate of drug-likeness (QED) is 0.758. The summed E-state index contributed by atoms with van der Waals surface area (Å²) in [5.74, 6) is 0. The number of nitrogens with zero attached hydrogens (tertiary/aromatic N) is 2. The number of thioether (sulfide) groups is 1. The van der Waals surface area contributed by atoms with Crippen LogP contribution in [0, 0.1) is 6.92 Å². The maximum absolute atomic E-state index is 6.30. The molecule has 0 aliphatic rings. The summed E-state index contributed by atoms with van der Waals surface area (Å²) in [5, 5.41) is 5.98. The lowest BCUT2D eigenvalue weighted by molar-refractivity contribution is 0.745. The van der Waals surface area contributed by atoms with Crippen LogP contribution in [0.2, 0.25) is 5.02 Å². The summed E-state index contributed by atoms with van der Waals surface area (Å²) in [5.41, 5.74) is 3.32. The van der Waals surface area contributed by atoms with Crippen LogP contribution >= 0.6 is 23.4 Å². The molecule has 0 atom stereocenters. The Kier molecular flexibility index (Phi) is 3.26. The largest absolute Gasteiger partial charge is 0.265 e. The fourth-order valence-corrected chi connectivity index (χ4v) is 2.61. The molecule has 2 nitrogen and oxygen atoms in total. The van der Waals surface area contributed by atoms with Crippen LogP contribution < -0.4 is 0 Å². The molecule has 0 bridgehead atoms. The lowest BCUT2D eigenvalue weighted by atomic mass is 10.1. The second-order valence-electron chi connectivity index (χ2n) is 3.66. The van der Waals surface area contributed by atoms with E-state index in [1.807, 2.05) is 18.0 Å². The van der Waals surface area contributed by atoms with Crippen LogP contribution in [0.3, 0.4) is 0 Å². The molecule has 1 aromatic heterocycles. The number of rotatable bonds is 2. The minimum atomic E-state index is 0.735. The van der Waals surface area contributed by atoms with Crippen LogP contribution in [-0.4, -0.2) is 16.0 Å². The van der Waals surface area contributed by atoms with Gasteiger partial charge in [-0.25, -0.2) is 0 Å². The molecule has 0 radical (unpaired) electrons. The monoisotopic (exact) mass is 252 g/mol. The van der Waals surface area contributed by atoms with Crippen molar-refractivity contribution in [2.45, 2.75) is 11.9 Å². The van der Waals surface area contributed by atoms with Gasteiger partial charge in [-0.1, -0.05) is 41.4 Å². The van der Waals surface area contributed by atoms with Crippen molar-refractivity contribution in [1.82, 2.24) is 9.78 Å². The predicted molar refractivity (Wildman–Crippen MR) is 70.2 cm³/mol. The van der Waals surface area contributed by atoms with Gasteiger partial charge >= 0.3 is 0 Å². The van der Waals surface area contributed by atoms with E-state index >= 15 is 0 Å². The van der Waals surface area contributed by atoms with E-state index in [1.165, 1.54) is 5.56 Å². The Bertz CT molecular complexity index is 502. The first kappa shape index (κ1) is 11.6. The van der Waals surface area contributed by atoms with Gasteiger partial charge in [-0.2, -0.15) is 5.10 Å². The highest BCUT2D eigenvalue weighted by atomic mass is 35.5. The summed E-state index contributed by atoms with van der Waals surface area (Å²) in [6.07, 6.45) is 1.98. The first-order valence-corrected chi connectivity index (χ1v) is 6.57. The second-order valence-corrected chi connectivity index (χ2v) is 4.83. The summed E-state index contributed by atoms with van der Waals surface area (Å²) >= 11 is 7.86. The molecule has 2 aromatic rings. The van der Waals surface area contributed by atoms with Gasteiger partial charge in [-0.05, 0) is 13.2 Å². The van der Waals surface area contributed by atoms with E-state index in [1.54, 1.807) is 11.8 Å². The van der Waals surface area contributed by atoms with E-state index in [0.29, 0.717) is 0 Å². The number of benzene rings is 1. The zero-order valence-electron chi connectivity index (χ0n) is 9.49. The normalized spacial score (nSPS) is 10.8. The lowest BCUT2D eigenvalue weighted by Crippen LogP contribution is -1.93. The first-order valence-electron chi connectivity index (χ1n) is 4.97. The SMILES string of the molecule is CSc1nn(C)c(-c2ccc(C)cc2)c1Cl. The van der Waals surface area contributed by atoms with Crippen molar-refractivity contribution in [2.75, 3.05) is 6.26 Å². The summed E-state index contributed by atoms with van der Waals surface area (Å²) < 4.78 is 1.83. The van der Waals surface area contributed by atoms with Crippen LogP contribution in [0.25, 0.3) is 11.3 Å². The summed E-state index contributed by atoms with van der Waals surface area (Å²) in [6, 6.07) is 8.31. The van der Waals surface area contributed by atoms with Crippen LogP contribution in [-0.2, 0) is 7.05 Å². The zero-order chi connectivity index (χ0) is 11.7. The smallest absolute Gasteiger partial charge is 0.137 e. The van der Waals surface area contributed by atoms with Crippen molar-refractivity contribution < 1.29 is 0 Å². The molecule has 0 N–H and O–H groups in total. The molecule has 0 saturated heterocycles. The average molecular weight is 253 g/mol. The van der Waals surface area contributed by atoms with Crippen molar-refractivity contribution in [1.29, 1.82) is 0 Å². The third-order valence-corrected chi connectivity index (χ3v) is 3.62. The molecule has 0 amide bonds. The molecule has 1 heterocycles. The van der Waals surface area contributed by atoms with E-state index in [4.69, 9.17) is 11.6 Å². The highest BCUT2D eigenvalue weighted by molar-refractivity contribution is 7.98. The Morgan fingerprint density at radius 3 is 2.38 bits per heavy atom. The molecule has 0 spiro atoms. The maximum Gasteiger partial charge on any atom is 0.137 e. The van der Waals surface area contributed by atoms with Crippen molar-refractivity contribution in [3.63, 3.8) is 0 Å². The van der Waals surface area contributed by atoms with Crippen molar-refractivity contribution in [3.8, 4) is 11.3 Å². The van der Waals surface area contributed by atoms with Gasteiger partial charge in [-0.3, -0.25) is 4.68 Å². The van der Waals surface area contributed by atoms with Crippen molar-refractivity contribution in [3.05, 3.63) is 34.9 Å². The molecule has 84 valence electrons. The third-order valence-electron chi connectivity index (χ3n) is 2.48. The standard InChI is InChI=1S/C12H13ClN2S/c1-8-4-6-9(7-5-8)11-10(13)12(16-3)14-15(11)2/h4-7H,1-3H3. The van der Waals surface area contributed by atoms with Crippen LogP contribution in [0.5, 0.6) is 0 Å². The van der Waals surface area contributed by atoms with E-state index in [0.717, 1.165) is 21.3 Å². The van der Waals surface area contributed by atoms with Gasteiger partial charge in [0.05, 0.1) is 5.69 Å². The fraction of sp³-hybridized carbons (Fsp3) is 0.250. The molecule has 16 heavy (non-hydrogen) atoms. The number of hydrogen-bond acceptors (Lipinski definition) is 2. The Hall–Kier alpha value is -0.930. The highest BCUT2D eigenvalue weighted by Crippen LogP contribution is 2.34. The van der Waals surface area contributed by atoms with Gasteiger partial charge in [0.25, 0.3) is 0 Å². The van der Waals surface area contributed by atoms with Crippen LogP contribution in [0.4, 0.5) is 0 Å². The van der Waals surface area contributed by atoms with Gasteiger partial charge in [0, 0.05) is 12.6 Å². The molecule has 0 aliphatic carbocycles. The Morgan fingerprint density at radius 1 is 1.25 bits per heavy atom. The Morgan fingerprint density at radius 2 is 1.88 bits per heavy atom. The molecular weight excluding hydrogens is 240 g/mol. The summed E-state index contributed by atoms with van der Waals surface area (Å²) in [4.78, 5) is 0. The number of halogens is 1. The zero-order valence-corrected chi connectivity index (χ0v) is 11.1. The van der Waals surface area contributed by atoms with Crippen LogP contribution in [0.15, 0.2) is 29.3 Å². The first-order chi connectivity index (χ1) is 7.63. The van der Waals surface area contributed by atoms with Crippen LogP contribution in [0.1, 0.15) is 5.56 Å². The predicted octanol–water partition coefficient (Wildman–Crippen LogP) is 3.77. The van der Waals surface area contributed by atoms with Gasteiger partial charge in [0.15, 0.2) is 0 Å². The van der Waals surface area contributed by atoms with E-state index in [2.05, 4.69) is 36.3 Å². The molecule has 1 aromatic carbocycles. The van der Waals surface area contributed by atoms with Crippen molar-refractivity contribution >= 4 is 23.4 Å². The molecule has 0 unspecified atom stereocenters. The van der Waals surface area contributed by atoms with E-state index in [9.17, 15) is 0 Å². The Balaban J connectivity index is 2.55. The van der Waals surface area contributed by atoms with Gasteiger partial charge in [0.2, 0.25) is 0 Å². The topological polar surface area (TPSA) is 17.8 Å². The van der Waals surface area contributed by atoms with E-state index in [-0.39, 0.29) is 0 Å². The summed E-state index contributed by atoms with van der Waals surface area (Å²) in [6.45, 7) is 2.07. The van der Waals surface area contributed by atoms with Gasteiger partial charge in [0.1, 0.15) is 10.0 Å². The fourth-order valence-electron chi connectivity index (χ4n) is 1.63. The minimum Gasteiger partial charge on any atom is -0.265 e. The molecular formula is C12H13ClN2S.